The quantitative estimate of drug-likeness (QED) is 0.0526. The van der Waals surface area contributed by atoms with Gasteiger partial charge in [0.15, 0.2) is 11.6 Å². The molecule has 2 atom stereocenters. The number of hydrogen-bond acceptors (Lipinski definition) is 11. The Morgan fingerprint density at radius 2 is 1.02 bits per heavy atom. The SMILES string of the molecule is C.CC1(F)CCN(C(=O)c2ccc(-c3cc(-c4ccc(F)cc4)c4oc(CCC(=O)/C=C/c5ccc(N)nc5)cc4c3)cc2)C1.CC1(F)CCNC1.Cl.Nc1ccc(/C=C/C(=O)CCc2cc3cc(-c4ccc(C(=O)O)cc4)cc(-c4ccc(F)cc4)c3o2)cn1. The fourth-order valence-electron chi connectivity index (χ4n) is 10.4. The van der Waals surface area contributed by atoms with Gasteiger partial charge in [0.1, 0.15) is 57.3 Å². The van der Waals surface area contributed by atoms with Crippen LogP contribution in [0.25, 0.3) is 78.6 Å². The van der Waals surface area contributed by atoms with Crippen LogP contribution in [0, 0.1) is 11.6 Å². The van der Waals surface area contributed by atoms with Gasteiger partial charge in [0.25, 0.3) is 5.91 Å². The zero-order chi connectivity index (χ0) is 62.8. The second kappa shape index (κ2) is 29.6. The second-order valence-corrected chi connectivity index (χ2v) is 22.6. The van der Waals surface area contributed by atoms with Gasteiger partial charge in [-0.1, -0.05) is 56.0 Å². The molecule has 91 heavy (non-hydrogen) atoms. The molecule has 6 heterocycles. The van der Waals surface area contributed by atoms with Crippen molar-refractivity contribution in [2.24, 2.45) is 0 Å². The topological polar surface area (TPSA) is 208 Å². The van der Waals surface area contributed by atoms with Gasteiger partial charge in [0.2, 0.25) is 0 Å². The molecule has 2 aliphatic rings. The molecule has 0 saturated carbocycles. The van der Waals surface area contributed by atoms with E-state index in [4.69, 9.17) is 20.3 Å². The van der Waals surface area contributed by atoms with Gasteiger partial charge in [-0.05, 0) is 205 Å². The number of carbonyl (C=O) groups is 4. The van der Waals surface area contributed by atoms with Crippen molar-refractivity contribution in [1.29, 1.82) is 0 Å². The number of amides is 1. The first-order valence-corrected chi connectivity index (χ1v) is 29.0. The highest BCUT2D eigenvalue weighted by atomic mass is 35.5. The molecule has 0 bridgehead atoms. The zero-order valence-corrected chi connectivity index (χ0v) is 50.2. The van der Waals surface area contributed by atoms with E-state index in [0.29, 0.717) is 78.7 Å². The first kappa shape index (κ1) is 67.0. The molecule has 13 nitrogen and oxygen atoms in total. The Labute approximate surface area is 530 Å². The number of nitrogens with zero attached hydrogens (tertiary/aromatic N) is 3. The van der Waals surface area contributed by atoms with Crippen molar-refractivity contribution in [2.45, 2.75) is 71.1 Å². The van der Waals surface area contributed by atoms with Crippen LogP contribution >= 0.6 is 12.4 Å². The van der Waals surface area contributed by atoms with Crippen molar-refractivity contribution in [3.63, 3.8) is 0 Å². The summed E-state index contributed by atoms with van der Waals surface area (Å²) < 4.78 is 66.7. The molecule has 18 heteroatoms. The lowest BCUT2D eigenvalue weighted by Gasteiger charge is -2.17. The summed E-state index contributed by atoms with van der Waals surface area (Å²) in [5.41, 5.74) is 19.0. The highest BCUT2D eigenvalue weighted by Crippen LogP contribution is 2.39. The molecule has 0 aliphatic carbocycles. The number of alkyl halides is 2. The van der Waals surface area contributed by atoms with Gasteiger partial charge in [0.05, 0.1) is 12.1 Å². The predicted molar refractivity (Wildman–Crippen MR) is 354 cm³/mol. The summed E-state index contributed by atoms with van der Waals surface area (Å²) in [5, 5.41) is 13.8. The largest absolute Gasteiger partial charge is 0.478 e. The summed E-state index contributed by atoms with van der Waals surface area (Å²) in [6.07, 6.45) is 12.0. The van der Waals surface area contributed by atoms with E-state index >= 15 is 0 Å². The number of allylic oxidation sites excluding steroid dienone is 2. The summed E-state index contributed by atoms with van der Waals surface area (Å²) in [7, 11) is 0. The molecule has 1 amide bonds. The van der Waals surface area contributed by atoms with Gasteiger partial charge in [0, 0.05) is 85.1 Å². The van der Waals surface area contributed by atoms with E-state index in [2.05, 4.69) is 15.3 Å². The third-order valence-corrected chi connectivity index (χ3v) is 15.4. The first-order chi connectivity index (χ1) is 42.7. The molecule has 468 valence electrons. The fourth-order valence-corrected chi connectivity index (χ4v) is 10.4. The average molecular weight is 1250 g/mol. The minimum absolute atomic E-state index is 0. The predicted octanol–water partition coefficient (Wildman–Crippen LogP) is 16.2. The van der Waals surface area contributed by atoms with Gasteiger partial charge < -0.3 is 35.6 Å². The number of nitrogens with one attached hydrogen (secondary N) is 1. The van der Waals surface area contributed by atoms with Gasteiger partial charge in [-0.15, -0.1) is 12.4 Å². The number of carboxylic acid groups (broad SMARTS) is 1. The number of anilines is 2. The number of carbonyl (C=O) groups excluding carboxylic acids is 3. The number of aromatic carboxylic acids is 1. The zero-order valence-electron chi connectivity index (χ0n) is 49.4. The van der Waals surface area contributed by atoms with Crippen molar-refractivity contribution < 1.29 is 50.7 Å². The van der Waals surface area contributed by atoms with E-state index < -0.39 is 17.3 Å². The lowest BCUT2D eigenvalue weighted by molar-refractivity contribution is -0.115. The number of nitrogens with two attached hydrogens (primary N) is 2. The maximum absolute atomic E-state index is 14.3. The summed E-state index contributed by atoms with van der Waals surface area (Å²) in [6, 6.07) is 44.9. The average Bonchev–Trinajstić information content (AvgIpc) is 1.81. The Kier molecular flexibility index (Phi) is 21.8. The van der Waals surface area contributed by atoms with E-state index in [9.17, 15) is 41.8 Å². The van der Waals surface area contributed by atoms with Crippen LogP contribution < -0.4 is 16.8 Å². The first-order valence-electron chi connectivity index (χ1n) is 29.0. The maximum atomic E-state index is 14.3. The minimum atomic E-state index is -1.36. The smallest absolute Gasteiger partial charge is 0.335 e. The van der Waals surface area contributed by atoms with Gasteiger partial charge in [-0.2, -0.15) is 0 Å². The summed E-state index contributed by atoms with van der Waals surface area (Å²) in [6.45, 7) is 5.02. The molecule has 6 N–H and O–H groups in total. The number of furan rings is 2. The number of aryl methyl sites for hydroxylation is 2. The molecule has 12 rings (SSSR count). The Hall–Kier alpha value is -9.97. The van der Waals surface area contributed by atoms with Crippen LogP contribution in [0.3, 0.4) is 0 Å². The number of pyridine rings is 2. The van der Waals surface area contributed by atoms with Crippen LogP contribution in [0.2, 0.25) is 0 Å². The van der Waals surface area contributed by atoms with Crippen LogP contribution in [-0.4, -0.2) is 80.9 Å². The third kappa shape index (κ3) is 17.7. The number of halogens is 5. The number of aromatic nitrogens is 2. The van der Waals surface area contributed by atoms with Crippen LogP contribution in [0.4, 0.5) is 29.2 Å². The highest BCUT2D eigenvalue weighted by Gasteiger charge is 2.36. The molecule has 2 unspecified atom stereocenters. The summed E-state index contributed by atoms with van der Waals surface area (Å²) in [4.78, 5) is 58.8. The molecule has 2 saturated heterocycles. The molecule has 0 radical (unpaired) electrons. The second-order valence-electron chi connectivity index (χ2n) is 22.6. The van der Waals surface area contributed by atoms with Gasteiger partial charge in [-0.3, -0.25) is 14.4 Å². The van der Waals surface area contributed by atoms with Crippen LogP contribution in [0.5, 0.6) is 0 Å². The number of nitrogen functional groups attached to an aromatic ring is 2. The van der Waals surface area contributed by atoms with E-state index in [1.165, 1.54) is 43.3 Å². The van der Waals surface area contributed by atoms with Crippen LogP contribution in [-0.2, 0) is 22.4 Å². The number of likely N-dealkylation sites (tertiary alicyclic amines) is 1. The number of carboxylic acids is 1. The third-order valence-electron chi connectivity index (χ3n) is 15.4. The Bertz CT molecular complexity index is 4240. The number of hydrogen-bond donors (Lipinski definition) is 4. The monoisotopic (exact) mass is 1250 g/mol. The van der Waals surface area contributed by atoms with E-state index in [-0.39, 0.29) is 73.9 Å². The summed E-state index contributed by atoms with van der Waals surface area (Å²) >= 11 is 0. The lowest BCUT2D eigenvalue weighted by Crippen LogP contribution is -2.31. The molecular weight excluding hydrogens is 1180 g/mol. The van der Waals surface area contributed by atoms with E-state index in [1.807, 2.05) is 48.5 Å². The fraction of sp³-hybridized carbons (Fsp3) is 0.205. The number of rotatable bonds is 16. The molecule has 4 aromatic heterocycles. The molecule has 0 spiro atoms. The Balaban J connectivity index is 0.000000209. The molecular formula is C73H69ClF4N6O7. The molecule has 2 fully saturated rings. The molecule has 2 aliphatic heterocycles. The van der Waals surface area contributed by atoms with E-state index in [1.54, 1.807) is 121 Å². The minimum Gasteiger partial charge on any atom is -0.478 e. The van der Waals surface area contributed by atoms with Gasteiger partial charge >= 0.3 is 5.97 Å². The molecule has 10 aromatic rings. The normalized spacial score (nSPS) is 16.0. The van der Waals surface area contributed by atoms with Crippen molar-refractivity contribution >= 4 is 81.6 Å². The molecule has 6 aromatic carbocycles. The van der Waals surface area contributed by atoms with Gasteiger partial charge in [-0.25, -0.2) is 32.3 Å². The number of fused-ring (bicyclic) bond motifs is 2. The Morgan fingerprint density at radius 3 is 1.38 bits per heavy atom. The maximum Gasteiger partial charge on any atom is 0.335 e. The van der Waals surface area contributed by atoms with Crippen molar-refractivity contribution in [3.05, 3.63) is 228 Å². The van der Waals surface area contributed by atoms with Crippen LogP contribution in [0.1, 0.15) is 90.3 Å². The Morgan fingerprint density at radius 1 is 0.582 bits per heavy atom. The lowest BCUT2D eigenvalue weighted by atomic mass is 9.96. The van der Waals surface area contributed by atoms with Crippen LogP contribution in [0.15, 0.2) is 191 Å². The van der Waals surface area contributed by atoms with Crippen molar-refractivity contribution in [2.75, 3.05) is 37.6 Å². The van der Waals surface area contributed by atoms with E-state index in [0.717, 1.165) is 73.0 Å². The van der Waals surface area contributed by atoms with Crippen molar-refractivity contribution in [3.8, 4) is 44.5 Å². The number of benzene rings is 6. The standard InChI is InChI=1S/C36H31F2N3O3.C31H23FN2O4.C5H10FN.CH4.ClH/c1-36(38)16-17-41(22-36)35(43)26-6-4-24(5-7-26)27-18-28-19-31(14-13-30(42)12-2-23-3-15-33(39)40-21-23)44-34(28)32(20-27)25-8-10-29(37)11-9-25;32-25-9-7-21(8-10-25)28-17-23(20-3-5-22(6-4-20)31(36)37)15-24-16-27(38-30(24)28)13-12-26(35)11-1-19-2-14-29(33)34-18-19;1-5(6)2-3-7-4-5;;/h2-12,15,18-21H,13-14,16-17,22H2,1H3,(H2,39,40);1-11,14-18H,12-13H2,(H2,33,34)(H,36,37);7H,2-4H2,1H3;1H4;1H/b12-2+;11-1+;;;. The van der Waals surface area contributed by atoms with Crippen molar-refractivity contribution in [1.82, 2.24) is 20.2 Å². The summed E-state index contributed by atoms with van der Waals surface area (Å²) in [5.74, 6) is 0.169. The highest BCUT2D eigenvalue weighted by molar-refractivity contribution is 6.00. The number of ketones is 2.